The van der Waals surface area contributed by atoms with E-state index < -0.39 is 0 Å². The van der Waals surface area contributed by atoms with Crippen molar-refractivity contribution < 1.29 is 9.90 Å². The molecule has 1 fully saturated rings. The van der Waals surface area contributed by atoms with E-state index in [-0.39, 0.29) is 17.9 Å². The monoisotopic (exact) mass is 256 g/mol. The lowest BCUT2D eigenvalue weighted by Gasteiger charge is -2.39. The predicted octanol–water partition coefficient (Wildman–Crippen LogP) is 1.24. The molecule has 1 heterocycles. The summed E-state index contributed by atoms with van der Waals surface area (Å²) in [6.45, 7) is 10.5. The topological polar surface area (TPSA) is 52.6 Å². The van der Waals surface area contributed by atoms with Crippen molar-refractivity contribution >= 4 is 5.91 Å². The molecule has 0 aromatic heterocycles. The molecule has 3 unspecified atom stereocenters. The summed E-state index contributed by atoms with van der Waals surface area (Å²) in [4.78, 5) is 13.7. The van der Waals surface area contributed by atoms with E-state index in [1.54, 1.807) is 0 Å². The zero-order valence-corrected chi connectivity index (χ0v) is 12.1. The van der Waals surface area contributed by atoms with Crippen LogP contribution in [0.3, 0.4) is 0 Å². The van der Waals surface area contributed by atoms with Crippen molar-refractivity contribution in [3.63, 3.8) is 0 Å². The van der Waals surface area contributed by atoms with Crippen LogP contribution in [0.4, 0.5) is 0 Å². The zero-order valence-electron chi connectivity index (χ0n) is 12.1. The van der Waals surface area contributed by atoms with E-state index in [2.05, 4.69) is 19.2 Å². The van der Waals surface area contributed by atoms with Crippen molar-refractivity contribution in [3.8, 4) is 0 Å². The molecule has 0 aromatic rings. The van der Waals surface area contributed by atoms with E-state index in [1.807, 2.05) is 18.7 Å². The average Bonchev–Trinajstić information content (AvgIpc) is 2.34. The van der Waals surface area contributed by atoms with Crippen molar-refractivity contribution in [3.05, 3.63) is 0 Å². The van der Waals surface area contributed by atoms with Crippen molar-refractivity contribution in [2.24, 2.45) is 11.8 Å². The maximum absolute atomic E-state index is 11.8. The standard InChI is InChI=1S/C14H28N2O2/c1-5-14(18)16-8-12(11(4)17)6-13(9-16)15-7-10(2)3/h10-13,15,17H,5-9H2,1-4H3. The first kappa shape index (κ1) is 15.4. The summed E-state index contributed by atoms with van der Waals surface area (Å²) >= 11 is 0. The molecule has 3 atom stereocenters. The normalized spacial score (nSPS) is 26.4. The smallest absolute Gasteiger partial charge is 0.222 e. The third-order valence-corrected chi connectivity index (χ3v) is 3.64. The van der Waals surface area contributed by atoms with Crippen LogP contribution in [0.15, 0.2) is 0 Å². The lowest BCUT2D eigenvalue weighted by molar-refractivity contribution is -0.134. The van der Waals surface area contributed by atoms with Gasteiger partial charge >= 0.3 is 0 Å². The Bertz CT molecular complexity index is 267. The molecule has 0 radical (unpaired) electrons. The summed E-state index contributed by atoms with van der Waals surface area (Å²) in [5.41, 5.74) is 0. The molecule has 1 aliphatic rings. The van der Waals surface area contributed by atoms with Gasteiger partial charge in [-0.3, -0.25) is 4.79 Å². The number of aliphatic hydroxyl groups is 1. The fourth-order valence-electron chi connectivity index (χ4n) is 2.47. The minimum atomic E-state index is -0.346. The molecule has 0 saturated carbocycles. The van der Waals surface area contributed by atoms with Crippen LogP contribution in [0, 0.1) is 11.8 Å². The molecule has 1 amide bonds. The predicted molar refractivity (Wildman–Crippen MR) is 73.3 cm³/mol. The Morgan fingerprint density at radius 2 is 2.06 bits per heavy atom. The molecule has 2 N–H and O–H groups in total. The van der Waals surface area contributed by atoms with Crippen LogP contribution in [0.5, 0.6) is 0 Å². The van der Waals surface area contributed by atoms with Crippen molar-refractivity contribution in [2.75, 3.05) is 19.6 Å². The van der Waals surface area contributed by atoms with E-state index in [1.165, 1.54) is 0 Å². The largest absolute Gasteiger partial charge is 0.393 e. The molecule has 1 aliphatic heterocycles. The number of hydrogen-bond acceptors (Lipinski definition) is 3. The number of carbonyl (C=O) groups is 1. The summed E-state index contributed by atoms with van der Waals surface area (Å²) < 4.78 is 0. The van der Waals surface area contributed by atoms with Crippen LogP contribution < -0.4 is 5.32 Å². The van der Waals surface area contributed by atoms with Gasteiger partial charge in [0, 0.05) is 31.5 Å². The summed E-state index contributed by atoms with van der Waals surface area (Å²) in [7, 11) is 0. The van der Waals surface area contributed by atoms with Crippen LogP contribution in [-0.4, -0.2) is 47.7 Å². The first-order valence-electron chi connectivity index (χ1n) is 7.13. The van der Waals surface area contributed by atoms with Crippen LogP contribution >= 0.6 is 0 Å². The van der Waals surface area contributed by atoms with Gasteiger partial charge in [-0.15, -0.1) is 0 Å². The minimum absolute atomic E-state index is 0.191. The second kappa shape index (κ2) is 7.10. The highest BCUT2D eigenvalue weighted by atomic mass is 16.3. The van der Waals surface area contributed by atoms with E-state index in [9.17, 15) is 9.90 Å². The Morgan fingerprint density at radius 3 is 2.56 bits per heavy atom. The fourth-order valence-corrected chi connectivity index (χ4v) is 2.47. The molecule has 0 spiro atoms. The quantitative estimate of drug-likeness (QED) is 0.778. The third kappa shape index (κ3) is 4.58. The Labute approximate surface area is 111 Å². The molecular formula is C14H28N2O2. The van der Waals surface area contributed by atoms with Crippen LogP contribution in [-0.2, 0) is 4.79 Å². The van der Waals surface area contributed by atoms with Crippen LogP contribution in [0.1, 0.15) is 40.5 Å². The van der Waals surface area contributed by atoms with Gasteiger partial charge in [0.15, 0.2) is 0 Å². The molecule has 1 saturated heterocycles. The molecule has 4 nitrogen and oxygen atoms in total. The highest BCUT2D eigenvalue weighted by Crippen LogP contribution is 2.21. The SMILES string of the molecule is CCC(=O)N1CC(NCC(C)C)CC(C(C)O)C1. The lowest BCUT2D eigenvalue weighted by atomic mass is 9.90. The molecular weight excluding hydrogens is 228 g/mol. The van der Waals surface area contributed by atoms with Gasteiger partial charge in [-0.1, -0.05) is 20.8 Å². The van der Waals surface area contributed by atoms with Gasteiger partial charge in [-0.2, -0.15) is 0 Å². The Balaban J connectivity index is 2.59. The second-order valence-electron chi connectivity index (χ2n) is 5.89. The van der Waals surface area contributed by atoms with Crippen LogP contribution in [0.2, 0.25) is 0 Å². The van der Waals surface area contributed by atoms with E-state index in [4.69, 9.17) is 0 Å². The Hall–Kier alpha value is -0.610. The number of likely N-dealkylation sites (tertiary alicyclic amines) is 1. The highest BCUT2D eigenvalue weighted by Gasteiger charge is 2.31. The first-order valence-corrected chi connectivity index (χ1v) is 7.13. The number of aliphatic hydroxyl groups excluding tert-OH is 1. The van der Waals surface area contributed by atoms with Gasteiger partial charge in [0.05, 0.1) is 6.10 Å². The van der Waals surface area contributed by atoms with Crippen LogP contribution in [0.25, 0.3) is 0 Å². The minimum Gasteiger partial charge on any atom is -0.393 e. The van der Waals surface area contributed by atoms with Crippen molar-refractivity contribution in [1.82, 2.24) is 10.2 Å². The fraction of sp³-hybridized carbons (Fsp3) is 0.929. The molecule has 0 aliphatic carbocycles. The number of rotatable bonds is 5. The molecule has 0 aromatic carbocycles. The van der Waals surface area contributed by atoms with Gasteiger partial charge in [-0.25, -0.2) is 0 Å². The van der Waals surface area contributed by atoms with E-state index in [0.29, 0.717) is 24.9 Å². The van der Waals surface area contributed by atoms with Gasteiger partial charge in [0.1, 0.15) is 0 Å². The number of carbonyl (C=O) groups excluding carboxylic acids is 1. The number of piperidine rings is 1. The lowest BCUT2D eigenvalue weighted by Crippen LogP contribution is -2.53. The summed E-state index contributed by atoms with van der Waals surface area (Å²) in [6, 6.07) is 0.316. The van der Waals surface area contributed by atoms with Gasteiger partial charge in [0.2, 0.25) is 5.91 Å². The number of amides is 1. The molecule has 0 bridgehead atoms. The maximum atomic E-state index is 11.8. The summed E-state index contributed by atoms with van der Waals surface area (Å²) in [5.74, 6) is 0.989. The maximum Gasteiger partial charge on any atom is 0.222 e. The summed E-state index contributed by atoms with van der Waals surface area (Å²) in [5, 5.41) is 13.3. The summed E-state index contributed by atoms with van der Waals surface area (Å²) in [6.07, 6.45) is 1.15. The van der Waals surface area contributed by atoms with Gasteiger partial charge in [0.25, 0.3) is 0 Å². The Kier molecular flexibility index (Phi) is 6.09. The first-order chi connectivity index (χ1) is 8.43. The molecule has 4 heteroatoms. The molecule has 18 heavy (non-hydrogen) atoms. The zero-order chi connectivity index (χ0) is 13.7. The average molecular weight is 256 g/mol. The van der Waals surface area contributed by atoms with Crippen molar-refractivity contribution in [2.45, 2.75) is 52.7 Å². The number of nitrogens with zero attached hydrogens (tertiary/aromatic N) is 1. The number of hydrogen-bond donors (Lipinski definition) is 2. The highest BCUT2D eigenvalue weighted by molar-refractivity contribution is 5.76. The van der Waals surface area contributed by atoms with E-state index in [0.717, 1.165) is 19.5 Å². The molecule has 1 rings (SSSR count). The van der Waals surface area contributed by atoms with Gasteiger partial charge in [-0.05, 0) is 25.8 Å². The van der Waals surface area contributed by atoms with Crippen molar-refractivity contribution in [1.29, 1.82) is 0 Å². The molecule has 106 valence electrons. The van der Waals surface area contributed by atoms with Gasteiger partial charge < -0.3 is 15.3 Å². The second-order valence-corrected chi connectivity index (χ2v) is 5.89. The number of nitrogens with one attached hydrogen (secondary N) is 1. The van der Waals surface area contributed by atoms with E-state index >= 15 is 0 Å². The Morgan fingerprint density at radius 1 is 1.39 bits per heavy atom. The third-order valence-electron chi connectivity index (χ3n) is 3.64.